The highest BCUT2D eigenvalue weighted by Crippen LogP contribution is 2.24. The second-order valence-corrected chi connectivity index (χ2v) is 7.18. The Hall–Kier alpha value is 0.660. The van der Waals surface area contributed by atoms with E-state index in [0.29, 0.717) is 0 Å². The van der Waals surface area contributed by atoms with Gasteiger partial charge in [0.2, 0.25) is 0 Å². The van der Waals surface area contributed by atoms with Crippen molar-refractivity contribution in [3.05, 3.63) is 0 Å². The van der Waals surface area contributed by atoms with Crippen LogP contribution in [-0.2, 0) is 0 Å². The molecule has 1 unspecified atom stereocenters. The first-order valence-electron chi connectivity index (χ1n) is 6.26. The number of thioether (sulfide) groups is 2. The monoisotopic (exact) mass is 245 g/mol. The van der Waals surface area contributed by atoms with E-state index < -0.39 is 0 Å². The summed E-state index contributed by atoms with van der Waals surface area (Å²) in [4.78, 5) is 2.77. The molecule has 88 valence electrons. The predicted molar refractivity (Wildman–Crippen MR) is 73.0 cm³/mol. The van der Waals surface area contributed by atoms with Crippen molar-refractivity contribution in [1.29, 1.82) is 0 Å². The van der Waals surface area contributed by atoms with Gasteiger partial charge in [-0.2, -0.15) is 23.5 Å². The summed E-state index contributed by atoms with van der Waals surface area (Å²) in [5.41, 5.74) is 0. The minimum absolute atomic E-state index is 0.868. The fourth-order valence-corrected chi connectivity index (χ4v) is 5.09. The molecule has 0 amide bonds. The average Bonchev–Trinajstić information content (AvgIpc) is 2.59. The van der Waals surface area contributed by atoms with Gasteiger partial charge in [0.15, 0.2) is 0 Å². The largest absolute Gasteiger partial charge is 0.299 e. The molecule has 0 N–H and O–H groups in total. The Kier molecular flexibility index (Phi) is 5.18. The topological polar surface area (TPSA) is 3.24 Å². The van der Waals surface area contributed by atoms with Crippen LogP contribution in [0.25, 0.3) is 0 Å². The summed E-state index contributed by atoms with van der Waals surface area (Å²) in [7, 11) is 0. The van der Waals surface area contributed by atoms with E-state index in [0.717, 1.165) is 12.0 Å². The minimum atomic E-state index is 0.868. The standard InChI is InChI=1S/C12H23NS2/c1-11-3-2-5-13(6-4-11)12-9-14-7-8-15-10-12/h11-12H,2-10H2,1H3. The highest BCUT2D eigenvalue weighted by atomic mass is 32.2. The molecule has 0 aliphatic carbocycles. The van der Waals surface area contributed by atoms with Gasteiger partial charge in [-0.1, -0.05) is 6.92 Å². The van der Waals surface area contributed by atoms with E-state index in [-0.39, 0.29) is 0 Å². The van der Waals surface area contributed by atoms with Crippen molar-refractivity contribution in [2.75, 3.05) is 36.1 Å². The van der Waals surface area contributed by atoms with E-state index in [1.165, 1.54) is 55.4 Å². The Balaban J connectivity index is 1.84. The van der Waals surface area contributed by atoms with Crippen LogP contribution in [0, 0.1) is 5.92 Å². The summed E-state index contributed by atoms with van der Waals surface area (Å²) in [5.74, 6) is 6.45. The zero-order chi connectivity index (χ0) is 10.5. The smallest absolute Gasteiger partial charge is 0.0276 e. The Bertz CT molecular complexity index is 178. The van der Waals surface area contributed by atoms with Crippen molar-refractivity contribution in [3.63, 3.8) is 0 Å². The number of hydrogen-bond donors (Lipinski definition) is 0. The van der Waals surface area contributed by atoms with Gasteiger partial charge in [0, 0.05) is 29.1 Å². The van der Waals surface area contributed by atoms with Crippen molar-refractivity contribution >= 4 is 23.5 Å². The van der Waals surface area contributed by atoms with E-state index in [2.05, 4.69) is 35.3 Å². The van der Waals surface area contributed by atoms with Crippen LogP contribution in [0.15, 0.2) is 0 Å². The number of rotatable bonds is 1. The third-order valence-corrected chi connectivity index (χ3v) is 6.05. The summed E-state index contributed by atoms with van der Waals surface area (Å²) < 4.78 is 0. The minimum Gasteiger partial charge on any atom is -0.299 e. The molecule has 2 rings (SSSR count). The van der Waals surface area contributed by atoms with Crippen molar-refractivity contribution in [3.8, 4) is 0 Å². The average molecular weight is 245 g/mol. The van der Waals surface area contributed by atoms with Gasteiger partial charge in [0.25, 0.3) is 0 Å². The highest BCUT2D eigenvalue weighted by Gasteiger charge is 2.22. The molecule has 0 radical (unpaired) electrons. The van der Waals surface area contributed by atoms with Crippen molar-refractivity contribution in [1.82, 2.24) is 4.90 Å². The van der Waals surface area contributed by atoms with Crippen LogP contribution in [0.4, 0.5) is 0 Å². The number of likely N-dealkylation sites (tertiary alicyclic amines) is 1. The van der Waals surface area contributed by atoms with E-state index in [1.807, 2.05) is 0 Å². The van der Waals surface area contributed by atoms with Crippen LogP contribution >= 0.6 is 23.5 Å². The van der Waals surface area contributed by atoms with Crippen LogP contribution in [0.3, 0.4) is 0 Å². The molecule has 2 saturated heterocycles. The van der Waals surface area contributed by atoms with Gasteiger partial charge in [0.1, 0.15) is 0 Å². The molecule has 0 aromatic rings. The van der Waals surface area contributed by atoms with Gasteiger partial charge in [-0.3, -0.25) is 4.90 Å². The summed E-state index contributed by atoms with van der Waals surface area (Å²) in [6.07, 6.45) is 4.29. The Morgan fingerprint density at radius 1 is 1.00 bits per heavy atom. The third-order valence-electron chi connectivity index (χ3n) is 3.56. The maximum atomic E-state index is 2.77. The second-order valence-electron chi connectivity index (χ2n) is 4.88. The molecular formula is C12H23NS2. The summed E-state index contributed by atoms with van der Waals surface area (Å²) in [6.45, 7) is 5.13. The molecule has 2 aliphatic heterocycles. The maximum absolute atomic E-state index is 2.77. The third kappa shape index (κ3) is 3.86. The molecule has 2 fully saturated rings. The summed E-state index contributed by atoms with van der Waals surface area (Å²) in [5, 5.41) is 0. The molecule has 0 saturated carbocycles. The van der Waals surface area contributed by atoms with E-state index >= 15 is 0 Å². The quantitative estimate of drug-likeness (QED) is 0.699. The van der Waals surface area contributed by atoms with Gasteiger partial charge in [-0.05, 0) is 38.3 Å². The lowest BCUT2D eigenvalue weighted by Gasteiger charge is -2.29. The van der Waals surface area contributed by atoms with E-state index in [9.17, 15) is 0 Å². The molecular weight excluding hydrogens is 222 g/mol. The number of hydrogen-bond acceptors (Lipinski definition) is 3. The van der Waals surface area contributed by atoms with Crippen LogP contribution in [0.2, 0.25) is 0 Å². The molecule has 3 heteroatoms. The fourth-order valence-electron chi connectivity index (χ4n) is 2.47. The normalized spacial score (nSPS) is 32.2. The Morgan fingerprint density at radius 3 is 2.47 bits per heavy atom. The zero-order valence-electron chi connectivity index (χ0n) is 9.78. The van der Waals surface area contributed by atoms with E-state index in [4.69, 9.17) is 0 Å². The van der Waals surface area contributed by atoms with Gasteiger partial charge in [-0.25, -0.2) is 0 Å². The summed E-state index contributed by atoms with van der Waals surface area (Å²) >= 11 is 4.33. The molecule has 15 heavy (non-hydrogen) atoms. The lowest BCUT2D eigenvalue weighted by atomic mass is 10.0. The Morgan fingerprint density at radius 2 is 1.73 bits per heavy atom. The lowest BCUT2D eigenvalue weighted by molar-refractivity contribution is 0.235. The Labute approximate surface area is 103 Å². The van der Waals surface area contributed by atoms with Crippen molar-refractivity contribution < 1.29 is 0 Å². The molecule has 0 spiro atoms. The molecule has 1 nitrogen and oxygen atoms in total. The van der Waals surface area contributed by atoms with E-state index in [1.54, 1.807) is 0 Å². The van der Waals surface area contributed by atoms with Crippen LogP contribution in [-0.4, -0.2) is 47.0 Å². The van der Waals surface area contributed by atoms with Crippen LogP contribution < -0.4 is 0 Å². The maximum Gasteiger partial charge on any atom is 0.0276 e. The van der Waals surface area contributed by atoms with Gasteiger partial charge in [0.05, 0.1) is 0 Å². The predicted octanol–water partition coefficient (Wildman–Crippen LogP) is 2.96. The van der Waals surface area contributed by atoms with Crippen LogP contribution in [0.1, 0.15) is 26.2 Å². The highest BCUT2D eigenvalue weighted by molar-refractivity contribution is 8.03. The number of nitrogens with zero attached hydrogens (tertiary/aromatic N) is 1. The first-order valence-corrected chi connectivity index (χ1v) is 8.57. The van der Waals surface area contributed by atoms with Crippen LogP contribution in [0.5, 0.6) is 0 Å². The zero-order valence-corrected chi connectivity index (χ0v) is 11.4. The molecule has 2 aliphatic rings. The van der Waals surface area contributed by atoms with Gasteiger partial charge >= 0.3 is 0 Å². The molecule has 1 atom stereocenters. The first-order chi connectivity index (χ1) is 7.36. The van der Waals surface area contributed by atoms with Crippen molar-refractivity contribution in [2.45, 2.75) is 32.2 Å². The van der Waals surface area contributed by atoms with Crippen molar-refractivity contribution in [2.24, 2.45) is 5.92 Å². The fraction of sp³-hybridized carbons (Fsp3) is 1.00. The lowest BCUT2D eigenvalue weighted by Crippen LogP contribution is -2.39. The van der Waals surface area contributed by atoms with Gasteiger partial charge < -0.3 is 0 Å². The van der Waals surface area contributed by atoms with Gasteiger partial charge in [-0.15, -0.1) is 0 Å². The molecule has 2 heterocycles. The second kappa shape index (κ2) is 6.41. The SMILES string of the molecule is CC1CCCN(C2CSCCSC2)CC1. The molecule has 0 bridgehead atoms. The molecule has 0 aromatic heterocycles. The summed E-state index contributed by atoms with van der Waals surface area (Å²) in [6, 6.07) is 0.868. The first kappa shape index (κ1) is 12.1. The molecule has 0 aromatic carbocycles.